The molecule has 4 rings (SSSR count). The molecule has 0 aliphatic rings. The van der Waals surface area contributed by atoms with E-state index in [1.54, 1.807) is 12.1 Å². The van der Waals surface area contributed by atoms with Crippen LogP contribution in [0.3, 0.4) is 0 Å². The van der Waals surface area contributed by atoms with Crippen molar-refractivity contribution < 1.29 is 14.5 Å². The first-order valence-electron chi connectivity index (χ1n) is 9.70. The van der Waals surface area contributed by atoms with Crippen LogP contribution in [-0.4, -0.2) is 31.4 Å². The van der Waals surface area contributed by atoms with Crippen LogP contribution >= 0.6 is 11.8 Å². The summed E-state index contributed by atoms with van der Waals surface area (Å²) in [5, 5.41) is 20.1. The molecular formula is C23H18N4O4S. The number of thioether (sulfide) groups is 1. The van der Waals surface area contributed by atoms with Crippen molar-refractivity contribution in [1.82, 2.24) is 14.8 Å². The Balaban J connectivity index is 1.47. The monoisotopic (exact) mass is 446 g/mol. The summed E-state index contributed by atoms with van der Waals surface area (Å²) in [6.45, 7) is -0.0400. The summed E-state index contributed by atoms with van der Waals surface area (Å²) < 4.78 is 7.18. The topological polar surface area (TPSA) is 100 Å². The van der Waals surface area contributed by atoms with Crippen LogP contribution in [0.2, 0.25) is 0 Å². The Labute approximate surface area is 188 Å². The van der Waals surface area contributed by atoms with Crippen LogP contribution in [0.15, 0.2) is 90.1 Å². The van der Waals surface area contributed by atoms with Crippen LogP contribution in [-0.2, 0) is 16.1 Å². The van der Waals surface area contributed by atoms with Crippen LogP contribution in [0.1, 0.15) is 5.56 Å². The summed E-state index contributed by atoms with van der Waals surface area (Å²) in [5.41, 5.74) is 2.29. The zero-order valence-corrected chi connectivity index (χ0v) is 17.6. The number of nitro benzene ring substituents is 1. The number of carbonyl (C=O) groups excluding carboxylic acids is 1. The van der Waals surface area contributed by atoms with Crippen molar-refractivity contribution in [2.45, 2.75) is 11.8 Å². The molecule has 0 atom stereocenters. The second-order valence-electron chi connectivity index (χ2n) is 6.72. The molecule has 32 heavy (non-hydrogen) atoms. The number of hydrogen-bond acceptors (Lipinski definition) is 7. The zero-order valence-electron chi connectivity index (χ0n) is 16.8. The van der Waals surface area contributed by atoms with Gasteiger partial charge in [0.1, 0.15) is 6.61 Å². The lowest BCUT2D eigenvalue weighted by Gasteiger charge is -2.10. The van der Waals surface area contributed by atoms with Crippen molar-refractivity contribution in [2.75, 3.05) is 5.75 Å². The molecule has 1 aromatic heterocycles. The van der Waals surface area contributed by atoms with Gasteiger partial charge in [-0.1, -0.05) is 72.4 Å². The van der Waals surface area contributed by atoms with Gasteiger partial charge in [0.25, 0.3) is 5.69 Å². The molecule has 0 saturated carbocycles. The number of nitrogens with zero attached hydrogens (tertiary/aromatic N) is 4. The first-order valence-corrected chi connectivity index (χ1v) is 10.7. The van der Waals surface area contributed by atoms with Crippen molar-refractivity contribution in [1.29, 1.82) is 0 Å². The number of para-hydroxylation sites is 1. The van der Waals surface area contributed by atoms with Crippen molar-refractivity contribution in [2.24, 2.45) is 0 Å². The molecule has 0 N–H and O–H groups in total. The van der Waals surface area contributed by atoms with Gasteiger partial charge in [0.2, 0.25) is 0 Å². The highest BCUT2D eigenvalue weighted by molar-refractivity contribution is 7.99. The molecule has 0 unspecified atom stereocenters. The molecule has 0 aliphatic carbocycles. The maximum Gasteiger partial charge on any atom is 0.316 e. The van der Waals surface area contributed by atoms with Crippen LogP contribution in [0.4, 0.5) is 5.69 Å². The molecule has 0 amide bonds. The minimum atomic E-state index is -0.484. The van der Waals surface area contributed by atoms with Gasteiger partial charge in [0.05, 0.1) is 10.7 Å². The minimum absolute atomic E-state index is 0.0225. The average molecular weight is 446 g/mol. The van der Waals surface area contributed by atoms with Gasteiger partial charge in [-0.2, -0.15) is 0 Å². The predicted molar refractivity (Wildman–Crippen MR) is 120 cm³/mol. The zero-order chi connectivity index (χ0) is 22.3. The fourth-order valence-electron chi connectivity index (χ4n) is 3.04. The first kappa shape index (κ1) is 21.3. The lowest BCUT2D eigenvalue weighted by molar-refractivity contribution is -0.384. The van der Waals surface area contributed by atoms with Crippen molar-refractivity contribution in [3.63, 3.8) is 0 Å². The molecule has 8 nitrogen and oxygen atoms in total. The number of carbonyl (C=O) groups is 1. The van der Waals surface area contributed by atoms with Gasteiger partial charge in [-0.05, 0) is 17.7 Å². The molecule has 0 bridgehead atoms. The van der Waals surface area contributed by atoms with Gasteiger partial charge in [0, 0.05) is 23.4 Å². The van der Waals surface area contributed by atoms with Crippen LogP contribution < -0.4 is 0 Å². The maximum absolute atomic E-state index is 12.3. The first-order chi connectivity index (χ1) is 15.6. The lowest BCUT2D eigenvalue weighted by Crippen LogP contribution is -2.08. The van der Waals surface area contributed by atoms with Gasteiger partial charge >= 0.3 is 5.97 Å². The van der Waals surface area contributed by atoms with E-state index in [2.05, 4.69) is 10.2 Å². The third kappa shape index (κ3) is 5.01. The molecule has 0 aliphatic heterocycles. The quantitative estimate of drug-likeness (QED) is 0.168. The second-order valence-corrected chi connectivity index (χ2v) is 7.66. The Hall–Kier alpha value is -3.98. The van der Waals surface area contributed by atoms with E-state index in [0.29, 0.717) is 16.5 Å². The molecule has 1 heterocycles. The summed E-state index contributed by atoms with van der Waals surface area (Å²) in [4.78, 5) is 22.7. The number of aromatic nitrogens is 3. The van der Waals surface area contributed by atoms with Crippen molar-refractivity contribution in [3.05, 3.63) is 101 Å². The molecule has 9 heteroatoms. The second kappa shape index (κ2) is 9.88. The number of esters is 1. The van der Waals surface area contributed by atoms with Crippen molar-refractivity contribution in [3.8, 4) is 17.1 Å². The van der Waals surface area contributed by atoms with Gasteiger partial charge < -0.3 is 4.74 Å². The molecule has 0 saturated heterocycles. The largest absolute Gasteiger partial charge is 0.460 e. The lowest BCUT2D eigenvalue weighted by atomic mass is 10.2. The van der Waals surface area contributed by atoms with Gasteiger partial charge in [-0.3, -0.25) is 19.5 Å². The summed E-state index contributed by atoms with van der Waals surface area (Å²) in [6, 6.07) is 25.4. The van der Waals surface area contributed by atoms with Gasteiger partial charge in [-0.15, -0.1) is 10.2 Å². The normalized spacial score (nSPS) is 10.6. The Morgan fingerprint density at radius 2 is 1.69 bits per heavy atom. The van der Waals surface area contributed by atoms with Crippen LogP contribution in [0.5, 0.6) is 0 Å². The van der Waals surface area contributed by atoms with Gasteiger partial charge in [0.15, 0.2) is 11.0 Å². The molecule has 4 aromatic rings. The van der Waals surface area contributed by atoms with E-state index in [0.717, 1.165) is 11.3 Å². The summed E-state index contributed by atoms with van der Waals surface area (Å²) in [6.07, 6.45) is 0. The highest BCUT2D eigenvalue weighted by atomic mass is 32.2. The molecule has 0 radical (unpaired) electrons. The number of rotatable bonds is 8. The van der Waals surface area contributed by atoms with E-state index >= 15 is 0 Å². The van der Waals surface area contributed by atoms with E-state index in [4.69, 9.17) is 4.74 Å². The Kier molecular flexibility index (Phi) is 6.57. The summed E-state index contributed by atoms with van der Waals surface area (Å²) >= 11 is 1.22. The standard InChI is InChI=1S/C23H18N4O4S/c28-21(31-15-17-8-7-13-20(14-17)27(29)30)16-32-23-25-24-22(18-9-3-1-4-10-18)26(23)19-11-5-2-6-12-19/h1-14H,15-16H2. The molecule has 160 valence electrons. The minimum Gasteiger partial charge on any atom is -0.460 e. The number of non-ortho nitro benzene ring substituents is 1. The average Bonchev–Trinajstić information content (AvgIpc) is 3.26. The number of benzene rings is 3. The van der Waals surface area contributed by atoms with Gasteiger partial charge in [-0.25, -0.2) is 0 Å². The Morgan fingerprint density at radius 3 is 2.41 bits per heavy atom. The number of nitro groups is 1. The third-order valence-electron chi connectivity index (χ3n) is 4.52. The smallest absolute Gasteiger partial charge is 0.316 e. The number of hydrogen-bond donors (Lipinski definition) is 0. The third-order valence-corrected chi connectivity index (χ3v) is 5.42. The number of ether oxygens (including phenoxy) is 1. The molecule has 0 spiro atoms. The SMILES string of the molecule is O=C(CSc1nnc(-c2ccccc2)n1-c1ccccc1)OCc1cccc([N+](=O)[O-])c1. The predicted octanol–water partition coefficient (Wildman–Crippen LogP) is 4.68. The Morgan fingerprint density at radius 1 is 0.969 bits per heavy atom. The van der Waals surface area contributed by atoms with E-state index in [-0.39, 0.29) is 18.0 Å². The van der Waals surface area contributed by atoms with Crippen LogP contribution in [0, 0.1) is 10.1 Å². The molecule has 0 fully saturated rings. The maximum atomic E-state index is 12.3. The van der Waals surface area contributed by atoms with E-state index in [1.807, 2.05) is 65.2 Å². The summed E-state index contributed by atoms with van der Waals surface area (Å²) in [5.74, 6) is 0.240. The van der Waals surface area contributed by atoms with E-state index in [9.17, 15) is 14.9 Å². The van der Waals surface area contributed by atoms with E-state index in [1.165, 1.54) is 23.9 Å². The highest BCUT2D eigenvalue weighted by Crippen LogP contribution is 2.28. The fraction of sp³-hybridized carbons (Fsp3) is 0.0870. The van der Waals surface area contributed by atoms with Crippen LogP contribution in [0.25, 0.3) is 17.1 Å². The molecule has 3 aromatic carbocycles. The van der Waals surface area contributed by atoms with E-state index < -0.39 is 10.9 Å². The fourth-order valence-corrected chi connectivity index (χ4v) is 3.79. The Bertz CT molecular complexity index is 1230. The highest BCUT2D eigenvalue weighted by Gasteiger charge is 2.17. The van der Waals surface area contributed by atoms with Crippen molar-refractivity contribution >= 4 is 23.4 Å². The summed E-state index contributed by atoms with van der Waals surface area (Å²) in [7, 11) is 0. The molecular weight excluding hydrogens is 428 g/mol.